The van der Waals surface area contributed by atoms with E-state index in [2.05, 4.69) is 52.1 Å². The molecule has 0 unspecified atom stereocenters. The maximum absolute atomic E-state index is 11.8. The van der Waals surface area contributed by atoms with Gasteiger partial charge in [-0.3, -0.25) is 14.8 Å². The number of piperidine rings is 1. The number of nitrogens with zero attached hydrogens (tertiary/aromatic N) is 7. The van der Waals surface area contributed by atoms with Crippen LogP contribution < -0.4 is 14.9 Å². The Morgan fingerprint density at radius 1 is 1.20 bits per heavy atom. The average molecular weight is 619 g/mol. The fourth-order valence-electron chi connectivity index (χ4n) is 5.81. The fraction of sp³-hybridized carbons (Fsp3) is 0.481. The minimum atomic E-state index is -3.80. The van der Waals surface area contributed by atoms with Gasteiger partial charge in [0, 0.05) is 50.3 Å². The number of hydrogen-bond acceptors (Lipinski definition) is 9. The second-order valence-electron chi connectivity index (χ2n) is 10.4. The van der Waals surface area contributed by atoms with E-state index in [1.807, 2.05) is 12.1 Å². The predicted molar refractivity (Wildman–Crippen MR) is 163 cm³/mol. The van der Waals surface area contributed by atoms with E-state index in [4.69, 9.17) is 23.2 Å². The van der Waals surface area contributed by atoms with Crippen LogP contribution in [0.1, 0.15) is 37.3 Å². The smallest absolute Gasteiger partial charge is 0.345 e. The van der Waals surface area contributed by atoms with Crippen molar-refractivity contribution in [3.05, 3.63) is 51.6 Å². The van der Waals surface area contributed by atoms with Crippen LogP contribution in [0, 0.1) is 11.3 Å². The molecule has 2 saturated heterocycles. The number of aliphatic imine (C=N–C) groups is 1. The fourth-order valence-corrected chi connectivity index (χ4v) is 7.11. The first kappa shape index (κ1) is 29.5. The third-order valence-corrected chi connectivity index (χ3v) is 9.27. The third-order valence-electron chi connectivity index (χ3n) is 7.88. The van der Waals surface area contributed by atoms with Crippen LogP contribution >= 0.6 is 23.2 Å². The maximum atomic E-state index is 11.8. The van der Waals surface area contributed by atoms with Crippen LogP contribution in [0.25, 0.3) is 0 Å². The zero-order valence-corrected chi connectivity index (χ0v) is 25.3. The Kier molecular flexibility index (Phi) is 9.01. The van der Waals surface area contributed by atoms with Crippen molar-refractivity contribution < 1.29 is 8.42 Å². The van der Waals surface area contributed by atoms with Crippen molar-refractivity contribution in [3.8, 4) is 6.07 Å². The van der Waals surface area contributed by atoms with Crippen LogP contribution in [-0.4, -0.2) is 86.7 Å². The molecule has 0 spiro atoms. The number of hydrogen-bond donors (Lipinski definition) is 2. The number of piperazine rings is 1. The molecule has 5 rings (SSSR count). The molecule has 2 N–H and O–H groups in total. The van der Waals surface area contributed by atoms with E-state index in [9.17, 15) is 13.7 Å². The van der Waals surface area contributed by atoms with Crippen molar-refractivity contribution in [1.29, 1.82) is 5.26 Å². The van der Waals surface area contributed by atoms with E-state index in [1.54, 1.807) is 18.3 Å². The van der Waals surface area contributed by atoms with Crippen LogP contribution in [0.5, 0.6) is 0 Å². The summed E-state index contributed by atoms with van der Waals surface area (Å²) in [5.41, 5.74) is 2.20. The Bertz CT molecular complexity index is 1500. The minimum Gasteiger partial charge on any atom is -0.353 e. The van der Waals surface area contributed by atoms with Gasteiger partial charge >= 0.3 is 10.2 Å². The van der Waals surface area contributed by atoms with E-state index < -0.39 is 10.2 Å². The van der Waals surface area contributed by atoms with E-state index in [0.717, 1.165) is 64.1 Å². The molecule has 4 heterocycles. The van der Waals surface area contributed by atoms with Gasteiger partial charge in [-0.1, -0.05) is 36.2 Å². The van der Waals surface area contributed by atoms with E-state index in [-0.39, 0.29) is 11.7 Å². The Balaban J connectivity index is 1.18. The number of pyridine rings is 1. The predicted octanol–water partition coefficient (Wildman–Crippen LogP) is 3.51. The zero-order valence-electron chi connectivity index (χ0n) is 23.0. The van der Waals surface area contributed by atoms with Crippen LogP contribution in [0.4, 0.5) is 11.5 Å². The third kappa shape index (κ3) is 6.76. The molecular weight excluding hydrogens is 585 g/mol. The normalized spacial score (nSPS) is 22.8. The van der Waals surface area contributed by atoms with Gasteiger partial charge in [0.05, 0.1) is 28.5 Å². The summed E-state index contributed by atoms with van der Waals surface area (Å²) in [6.45, 7) is 7.53. The lowest BCUT2D eigenvalue weighted by molar-refractivity contribution is 0.0610. The lowest BCUT2D eigenvalue weighted by Crippen LogP contribution is -2.58. The molecule has 0 amide bonds. The summed E-state index contributed by atoms with van der Waals surface area (Å²) in [6.07, 6.45) is 4.82. The molecule has 3 aliphatic rings. The van der Waals surface area contributed by atoms with Gasteiger partial charge < -0.3 is 10.2 Å². The molecule has 1 atom stereocenters. The number of halogens is 2. The Morgan fingerprint density at radius 2 is 1.98 bits per heavy atom. The standard InChI is InChI=1S/C27H33Cl2N9O2S/c1-3-22-17-37(27-24(29)13-21(15-32-27)33-26-25(31-2)34-41(39,40)35-26)10-11-38(22)23-6-8-36(9-7-23)16-18-4-5-20(28)12-19(18)14-30/h4-5,12-13,15,22-23H,3,6-11,16-17H2,1-2H3,(H,31,34)(H,33,35)/t22-/m0/s1. The van der Waals surface area contributed by atoms with Gasteiger partial charge in [-0.15, -0.1) is 4.40 Å². The molecule has 2 aromatic rings. The second-order valence-corrected chi connectivity index (χ2v) is 12.6. The molecule has 14 heteroatoms. The number of nitrogens with one attached hydrogen (secondary N) is 2. The van der Waals surface area contributed by atoms with E-state index in [1.165, 1.54) is 7.05 Å². The highest BCUT2D eigenvalue weighted by Crippen LogP contribution is 2.31. The first-order valence-corrected chi connectivity index (χ1v) is 15.8. The number of likely N-dealkylation sites (tertiary alicyclic amines) is 1. The SMILES string of the molecule is CC[C@H]1CN(c2ncc(NC3=NS(=O)(=O)NC3=NC)cc2Cl)CCN1C1CCN(Cc2ccc(Cl)cc2C#N)CC1. The molecule has 1 aromatic heterocycles. The molecule has 41 heavy (non-hydrogen) atoms. The highest BCUT2D eigenvalue weighted by Gasteiger charge is 2.34. The molecule has 1 aromatic carbocycles. The highest BCUT2D eigenvalue weighted by atomic mass is 35.5. The largest absolute Gasteiger partial charge is 0.353 e. The summed E-state index contributed by atoms with van der Waals surface area (Å²) >= 11 is 12.7. The Labute approximate surface area is 251 Å². The molecule has 3 aliphatic heterocycles. The zero-order chi connectivity index (χ0) is 29.1. The van der Waals surface area contributed by atoms with Gasteiger partial charge in [0.2, 0.25) is 0 Å². The summed E-state index contributed by atoms with van der Waals surface area (Å²) in [5.74, 6) is 0.947. The minimum absolute atomic E-state index is 0.0995. The summed E-state index contributed by atoms with van der Waals surface area (Å²) in [6, 6.07) is 10.4. The first-order chi connectivity index (χ1) is 19.7. The summed E-state index contributed by atoms with van der Waals surface area (Å²) in [7, 11) is -2.32. The maximum Gasteiger partial charge on any atom is 0.345 e. The van der Waals surface area contributed by atoms with Crippen molar-refractivity contribution in [2.75, 3.05) is 50.0 Å². The van der Waals surface area contributed by atoms with Gasteiger partial charge in [-0.25, -0.2) is 9.71 Å². The van der Waals surface area contributed by atoms with E-state index in [0.29, 0.717) is 39.2 Å². The van der Waals surface area contributed by atoms with Crippen molar-refractivity contribution in [2.45, 2.75) is 44.8 Å². The van der Waals surface area contributed by atoms with Crippen LogP contribution in [-0.2, 0) is 16.8 Å². The topological polar surface area (TPSA) is 129 Å². The molecule has 2 fully saturated rings. The van der Waals surface area contributed by atoms with Crippen molar-refractivity contribution in [3.63, 3.8) is 0 Å². The van der Waals surface area contributed by atoms with Crippen LogP contribution in [0.3, 0.4) is 0 Å². The molecule has 0 aliphatic carbocycles. The quantitative estimate of drug-likeness (QED) is 0.504. The average Bonchev–Trinajstić information content (AvgIpc) is 3.26. The number of amidine groups is 2. The van der Waals surface area contributed by atoms with Crippen molar-refractivity contribution >= 4 is 56.6 Å². The van der Waals surface area contributed by atoms with Gasteiger partial charge in [0.15, 0.2) is 11.7 Å². The Morgan fingerprint density at radius 3 is 2.66 bits per heavy atom. The highest BCUT2D eigenvalue weighted by molar-refractivity contribution is 7.89. The molecule has 0 saturated carbocycles. The lowest BCUT2D eigenvalue weighted by atomic mass is 9.97. The number of aromatic nitrogens is 1. The monoisotopic (exact) mass is 617 g/mol. The van der Waals surface area contributed by atoms with Crippen LogP contribution in [0.2, 0.25) is 10.0 Å². The van der Waals surface area contributed by atoms with Gasteiger partial charge in [0.1, 0.15) is 5.82 Å². The molecule has 11 nitrogen and oxygen atoms in total. The van der Waals surface area contributed by atoms with Crippen LogP contribution in [0.15, 0.2) is 39.9 Å². The van der Waals surface area contributed by atoms with Gasteiger partial charge in [-0.2, -0.15) is 13.7 Å². The number of benzene rings is 1. The molecule has 218 valence electrons. The summed E-state index contributed by atoms with van der Waals surface area (Å²) < 4.78 is 29.4. The van der Waals surface area contributed by atoms with Gasteiger partial charge in [-0.05, 0) is 56.1 Å². The molecule has 0 radical (unpaired) electrons. The summed E-state index contributed by atoms with van der Waals surface area (Å²) in [5, 5.41) is 13.5. The van der Waals surface area contributed by atoms with E-state index >= 15 is 0 Å². The summed E-state index contributed by atoms with van der Waals surface area (Å²) in [4.78, 5) is 15.8. The first-order valence-electron chi connectivity index (χ1n) is 13.6. The van der Waals surface area contributed by atoms with Crippen molar-refractivity contribution in [2.24, 2.45) is 9.39 Å². The number of nitriles is 1. The van der Waals surface area contributed by atoms with Gasteiger partial charge in [0.25, 0.3) is 0 Å². The lowest BCUT2D eigenvalue weighted by Gasteiger charge is -2.47. The second kappa shape index (κ2) is 12.5. The van der Waals surface area contributed by atoms with Crippen molar-refractivity contribution in [1.82, 2.24) is 19.5 Å². The Hall–Kier alpha value is -2.95. The number of anilines is 2. The number of rotatable bonds is 6. The molecular formula is C27H33Cl2N9O2S. The molecule has 0 bridgehead atoms.